The van der Waals surface area contributed by atoms with E-state index < -0.39 is 11.7 Å². The molecule has 0 aromatic heterocycles. The lowest BCUT2D eigenvalue weighted by Gasteiger charge is -2.21. The number of nitrogens with one attached hydrogen (secondary N) is 2. The number of hydrogen-bond donors (Lipinski definition) is 2. The van der Waals surface area contributed by atoms with Crippen molar-refractivity contribution in [1.29, 1.82) is 0 Å². The van der Waals surface area contributed by atoms with Crippen LogP contribution in [0.25, 0.3) is 5.70 Å². The number of rotatable bonds is 9. The van der Waals surface area contributed by atoms with Gasteiger partial charge in [-0.2, -0.15) is 13.2 Å². The molecule has 30 heavy (non-hydrogen) atoms. The predicted molar refractivity (Wildman–Crippen MR) is 115 cm³/mol. The fourth-order valence-electron chi connectivity index (χ4n) is 3.64. The molecule has 1 atom stereocenters. The quantitative estimate of drug-likeness (QED) is 0.419. The monoisotopic (exact) mass is 421 g/mol. The Morgan fingerprint density at radius 2 is 2.10 bits per heavy atom. The second-order valence-electron chi connectivity index (χ2n) is 7.60. The number of unbranched alkanes of at least 4 members (excludes halogenated alkanes) is 3. The second-order valence-corrected chi connectivity index (χ2v) is 7.60. The molecule has 4 nitrogen and oxygen atoms in total. The van der Waals surface area contributed by atoms with Gasteiger partial charge in [-0.1, -0.05) is 31.9 Å². The number of nitrogens with zero attached hydrogens (tertiary/aromatic N) is 1. The van der Waals surface area contributed by atoms with Gasteiger partial charge >= 0.3 is 6.18 Å². The number of allylic oxidation sites excluding steroid dienone is 1. The van der Waals surface area contributed by atoms with E-state index in [1.807, 2.05) is 12.2 Å². The van der Waals surface area contributed by atoms with E-state index in [2.05, 4.69) is 22.5 Å². The molecular weight excluding hydrogens is 391 g/mol. The molecule has 0 bridgehead atoms. The zero-order valence-electron chi connectivity index (χ0n) is 17.4. The van der Waals surface area contributed by atoms with Crippen molar-refractivity contribution in [3.05, 3.63) is 47.6 Å². The molecule has 3 rings (SSSR count). The van der Waals surface area contributed by atoms with Gasteiger partial charge in [-0.25, -0.2) is 4.99 Å². The molecule has 1 aromatic carbocycles. The first kappa shape index (κ1) is 22.4. The first-order valence-electron chi connectivity index (χ1n) is 10.7. The van der Waals surface area contributed by atoms with Crippen LogP contribution >= 0.6 is 0 Å². The van der Waals surface area contributed by atoms with E-state index in [9.17, 15) is 13.2 Å². The number of ether oxygens (including phenoxy) is 1. The summed E-state index contributed by atoms with van der Waals surface area (Å²) in [4.78, 5) is 4.58. The number of halogens is 3. The van der Waals surface area contributed by atoms with Crippen LogP contribution in [0.1, 0.15) is 56.6 Å². The molecule has 0 amide bonds. The molecule has 0 spiro atoms. The van der Waals surface area contributed by atoms with Crippen molar-refractivity contribution >= 4 is 11.5 Å². The third-order valence-corrected chi connectivity index (χ3v) is 5.27. The first-order chi connectivity index (χ1) is 14.5. The lowest BCUT2D eigenvalue weighted by molar-refractivity contribution is -0.138. The Morgan fingerprint density at radius 3 is 2.83 bits per heavy atom. The third kappa shape index (κ3) is 6.11. The third-order valence-electron chi connectivity index (χ3n) is 5.27. The maximum absolute atomic E-state index is 13.7. The van der Waals surface area contributed by atoms with Gasteiger partial charge in [0, 0.05) is 12.1 Å². The van der Waals surface area contributed by atoms with E-state index in [-0.39, 0.29) is 18.4 Å². The van der Waals surface area contributed by atoms with Gasteiger partial charge in [0.25, 0.3) is 0 Å². The highest BCUT2D eigenvalue weighted by molar-refractivity contribution is 5.94. The second kappa shape index (κ2) is 10.7. The van der Waals surface area contributed by atoms with Crippen molar-refractivity contribution in [1.82, 2.24) is 10.6 Å². The van der Waals surface area contributed by atoms with Gasteiger partial charge in [0.1, 0.15) is 18.2 Å². The molecule has 1 saturated heterocycles. The molecule has 2 N–H and O–H groups in total. The van der Waals surface area contributed by atoms with Crippen LogP contribution in [0.3, 0.4) is 0 Å². The summed E-state index contributed by atoms with van der Waals surface area (Å²) in [5.74, 6) is 0.646. The highest BCUT2D eigenvalue weighted by Gasteiger charge is 2.35. The van der Waals surface area contributed by atoms with Crippen molar-refractivity contribution in [3.8, 4) is 5.75 Å². The van der Waals surface area contributed by atoms with E-state index in [4.69, 9.17) is 4.74 Å². The summed E-state index contributed by atoms with van der Waals surface area (Å²) in [6.07, 6.45) is 7.40. The normalized spacial score (nSPS) is 19.5. The Hall–Kier alpha value is -2.28. The van der Waals surface area contributed by atoms with Crippen LogP contribution in [0.2, 0.25) is 0 Å². The fraction of sp³-hybridized carbons (Fsp3) is 0.522. The number of amidine groups is 1. The SMILES string of the molecule is CCCCC/C=C/COc1ccc(C2=CCNC(C3CCCN3)=N2)cc1C(F)(F)F. The van der Waals surface area contributed by atoms with Crippen molar-refractivity contribution in [3.63, 3.8) is 0 Å². The van der Waals surface area contributed by atoms with E-state index in [1.54, 1.807) is 12.1 Å². The van der Waals surface area contributed by atoms with Crippen LogP contribution in [0.4, 0.5) is 13.2 Å². The van der Waals surface area contributed by atoms with Crippen LogP contribution in [0.15, 0.2) is 41.4 Å². The smallest absolute Gasteiger partial charge is 0.419 e. The van der Waals surface area contributed by atoms with Gasteiger partial charge in [-0.05, 0) is 56.5 Å². The lowest BCUT2D eigenvalue weighted by atomic mass is 10.0. The number of alkyl halides is 3. The molecule has 1 aromatic rings. The Balaban J connectivity index is 1.72. The number of benzene rings is 1. The van der Waals surface area contributed by atoms with Gasteiger partial charge in [-0.3, -0.25) is 0 Å². The van der Waals surface area contributed by atoms with E-state index in [1.165, 1.54) is 6.07 Å². The average Bonchev–Trinajstić information content (AvgIpc) is 3.27. The van der Waals surface area contributed by atoms with Crippen LogP contribution in [-0.4, -0.2) is 31.6 Å². The van der Waals surface area contributed by atoms with Gasteiger partial charge in [0.05, 0.1) is 17.3 Å². The average molecular weight is 422 g/mol. The van der Waals surface area contributed by atoms with Crippen molar-refractivity contribution in [2.75, 3.05) is 19.7 Å². The maximum Gasteiger partial charge on any atom is 0.419 e. The van der Waals surface area contributed by atoms with Crippen LogP contribution in [-0.2, 0) is 6.18 Å². The molecule has 0 saturated carbocycles. The highest BCUT2D eigenvalue weighted by Crippen LogP contribution is 2.38. The van der Waals surface area contributed by atoms with Crippen molar-refractivity contribution in [2.24, 2.45) is 4.99 Å². The highest BCUT2D eigenvalue weighted by atomic mass is 19.4. The molecule has 1 unspecified atom stereocenters. The number of aliphatic imine (C=N–C) groups is 1. The van der Waals surface area contributed by atoms with E-state index in [0.717, 1.165) is 57.0 Å². The summed E-state index contributed by atoms with van der Waals surface area (Å²) in [6, 6.07) is 4.33. The van der Waals surface area contributed by atoms with Crippen LogP contribution in [0.5, 0.6) is 5.75 Å². The standard InChI is InChI=1S/C23H30F3N3O/c1-2-3-4-5-6-7-15-30-21-11-10-17(16-18(21)23(24,25)26)19-12-14-28-22(29-19)20-9-8-13-27-20/h6-7,10-12,16,20,27H,2-5,8-9,13-15H2,1H3,(H,28,29)/b7-6+. The van der Waals surface area contributed by atoms with Crippen molar-refractivity contribution < 1.29 is 17.9 Å². The summed E-state index contributed by atoms with van der Waals surface area (Å²) in [5.41, 5.74) is 0.238. The summed E-state index contributed by atoms with van der Waals surface area (Å²) in [6.45, 7) is 3.74. The van der Waals surface area contributed by atoms with Crippen molar-refractivity contribution in [2.45, 2.75) is 57.7 Å². The minimum atomic E-state index is -4.50. The van der Waals surface area contributed by atoms with Crippen LogP contribution < -0.4 is 15.4 Å². The summed E-state index contributed by atoms with van der Waals surface area (Å²) in [7, 11) is 0. The largest absolute Gasteiger partial charge is 0.489 e. The lowest BCUT2D eigenvalue weighted by Crippen LogP contribution is -2.42. The predicted octanol–water partition coefficient (Wildman–Crippen LogP) is 5.32. The summed E-state index contributed by atoms with van der Waals surface area (Å²) < 4.78 is 46.4. The van der Waals surface area contributed by atoms with Gasteiger partial charge < -0.3 is 15.4 Å². The molecule has 2 aliphatic heterocycles. The summed E-state index contributed by atoms with van der Waals surface area (Å²) >= 11 is 0. The molecular formula is C23H30F3N3O. The molecule has 2 aliphatic rings. The molecule has 0 aliphatic carbocycles. The Bertz CT molecular complexity index is 793. The Morgan fingerprint density at radius 1 is 1.23 bits per heavy atom. The number of hydrogen-bond acceptors (Lipinski definition) is 4. The molecule has 164 valence electrons. The van der Waals surface area contributed by atoms with E-state index in [0.29, 0.717) is 17.8 Å². The van der Waals surface area contributed by atoms with Gasteiger partial charge in [0.2, 0.25) is 0 Å². The first-order valence-corrected chi connectivity index (χ1v) is 10.7. The topological polar surface area (TPSA) is 45.6 Å². The zero-order chi connectivity index (χ0) is 21.4. The molecule has 2 heterocycles. The molecule has 7 heteroatoms. The molecule has 1 fully saturated rings. The molecule has 0 radical (unpaired) electrons. The Labute approximate surface area is 176 Å². The van der Waals surface area contributed by atoms with Gasteiger partial charge in [-0.15, -0.1) is 0 Å². The van der Waals surface area contributed by atoms with Crippen LogP contribution in [0, 0.1) is 0 Å². The fourth-order valence-corrected chi connectivity index (χ4v) is 3.64. The van der Waals surface area contributed by atoms with Gasteiger partial charge in [0.15, 0.2) is 0 Å². The summed E-state index contributed by atoms with van der Waals surface area (Å²) in [5, 5.41) is 6.59. The zero-order valence-corrected chi connectivity index (χ0v) is 17.4. The van der Waals surface area contributed by atoms with E-state index >= 15 is 0 Å². The maximum atomic E-state index is 13.7. The minimum Gasteiger partial charge on any atom is -0.489 e. The minimum absolute atomic E-state index is 0.122. The Kier molecular flexibility index (Phi) is 7.96.